The largest absolute Gasteiger partial charge is 0.496 e. The second kappa shape index (κ2) is 7.83. The van der Waals surface area contributed by atoms with E-state index >= 15 is 0 Å². The molecule has 150 valence electrons. The second-order valence-corrected chi connectivity index (χ2v) is 9.01. The number of rotatable bonds is 5. The predicted molar refractivity (Wildman–Crippen MR) is 110 cm³/mol. The molecule has 0 fully saturated rings. The van der Waals surface area contributed by atoms with Crippen LogP contribution in [0.5, 0.6) is 5.75 Å². The Hall–Kier alpha value is -2.54. The second-order valence-electron chi connectivity index (χ2n) is 7.33. The van der Waals surface area contributed by atoms with Crippen LogP contribution >= 0.6 is 0 Å². The van der Waals surface area contributed by atoms with E-state index in [0.717, 1.165) is 29.7 Å². The third-order valence-electron chi connectivity index (χ3n) is 4.89. The van der Waals surface area contributed by atoms with E-state index in [1.807, 2.05) is 19.9 Å². The monoisotopic (exact) mass is 402 g/mol. The van der Waals surface area contributed by atoms with Gasteiger partial charge in [-0.3, -0.25) is 9.52 Å². The van der Waals surface area contributed by atoms with Crippen molar-refractivity contribution in [3.05, 3.63) is 47.5 Å². The zero-order chi connectivity index (χ0) is 20.5. The summed E-state index contributed by atoms with van der Waals surface area (Å²) in [4.78, 5) is 14.5. The van der Waals surface area contributed by atoms with Crippen molar-refractivity contribution >= 4 is 27.3 Å². The molecule has 1 amide bonds. The first-order valence-electron chi connectivity index (χ1n) is 9.34. The summed E-state index contributed by atoms with van der Waals surface area (Å²) in [5, 5.41) is 0. The minimum absolute atomic E-state index is 0.0479. The number of hydrogen-bond donors (Lipinski definition) is 1. The maximum atomic E-state index is 12.8. The van der Waals surface area contributed by atoms with E-state index in [-0.39, 0.29) is 16.7 Å². The molecule has 0 bridgehead atoms. The fourth-order valence-electron chi connectivity index (χ4n) is 3.41. The van der Waals surface area contributed by atoms with Crippen LogP contribution < -0.4 is 14.4 Å². The number of amides is 1. The minimum atomic E-state index is -3.75. The number of carbonyl (C=O) groups is 1. The molecule has 0 unspecified atom stereocenters. The Kier molecular flexibility index (Phi) is 5.65. The van der Waals surface area contributed by atoms with Crippen LogP contribution in [0.3, 0.4) is 0 Å². The van der Waals surface area contributed by atoms with Gasteiger partial charge >= 0.3 is 0 Å². The number of anilines is 2. The molecule has 3 rings (SSSR count). The summed E-state index contributed by atoms with van der Waals surface area (Å²) in [6, 6.07) is 10.1. The first-order valence-corrected chi connectivity index (χ1v) is 10.8. The Morgan fingerprint density at radius 3 is 2.57 bits per heavy atom. The maximum Gasteiger partial charge on any atom is 0.261 e. The van der Waals surface area contributed by atoms with Crippen molar-refractivity contribution in [3.8, 4) is 5.75 Å². The third-order valence-corrected chi connectivity index (χ3v) is 6.27. The molecule has 0 radical (unpaired) electrons. The maximum absolute atomic E-state index is 12.8. The molecule has 0 aliphatic carbocycles. The van der Waals surface area contributed by atoms with E-state index in [9.17, 15) is 13.2 Å². The van der Waals surface area contributed by atoms with Gasteiger partial charge in [-0.25, -0.2) is 8.42 Å². The average molecular weight is 403 g/mol. The molecule has 0 spiro atoms. The summed E-state index contributed by atoms with van der Waals surface area (Å²) in [5.41, 5.74) is 3.03. The van der Waals surface area contributed by atoms with Gasteiger partial charge in [-0.2, -0.15) is 0 Å². The summed E-state index contributed by atoms with van der Waals surface area (Å²) in [7, 11) is -2.20. The molecular weight excluding hydrogens is 376 g/mol. The summed E-state index contributed by atoms with van der Waals surface area (Å²) in [6.45, 7) is 6.19. The normalized spacial score (nSPS) is 14.0. The smallest absolute Gasteiger partial charge is 0.261 e. The van der Waals surface area contributed by atoms with Gasteiger partial charge in [-0.1, -0.05) is 19.9 Å². The Morgan fingerprint density at radius 1 is 1.18 bits per heavy atom. The van der Waals surface area contributed by atoms with Crippen molar-refractivity contribution in [2.75, 3.05) is 23.3 Å². The van der Waals surface area contributed by atoms with Crippen LogP contribution in [0.25, 0.3) is 0 Å². The van der Waals surface area contributed by atoms with Gasteiger partial charge in [0.1, 0.15) is 5.75 Å². The molecule has 7 heteroatoms. The van der Waals surface area contributed by atoms with Crippen molar-refractivity contribution in [1.29, 1.82) is 0 Å². The van der Waals surface area contributed by atoms with Crippen molar-refractivity contribution in [2.45, 2.75) is 38.5 Å². The zero-order valence-corrected chi connectivity index (χ0v) is 17.5. The lowest BCUT2D eigenvalue weighted by Crippen LogP contribution is -2.38. The van der Waals surface area contributed by atoms with Gasteiger partial charge in [0.2, 0.25) is 5.91 Å². The number of benzene rings is 2. The zero-order valence-electron chi connectivity index (χ0n) is 16.7. The van der Waals surface area contributed by atoms with Gasteiger partial charge in [-0.15, -0.1) is 0 Å². The molecule has 1 aliphatic rings. The first-order chi connectivity index (χ1) is 13.2. The Bertz CT molecular complexity index is 999. The molecule has 1 heterocycles. The van der Waals surface area contributed by atoms with Crippen LogP contribution in [0, 0.1) is 12.8 Å². The lowest BCUT2D eigenvalue weighted by molar-refractivity contribution is -0.121. The van der Waals surface area contributed by atoms with Gasteiger partial charge in [-0.05, 0) is 61.2 Å². The standard InChI is InChI=1S/C21H26N2O4S/c1-14(2)21(24)23-11-5-6-16-7-8-17(13-19(16)23)22-28(25,26)18-9-10-20(27-4)15(3)12-18/h7-10,12-14,22H,5-6,11H2,1-4H3. The molecule has 0 saturated carbocycles. The van der Waals surface area contributed by atoms with Gasteiger partial charge in [0.25, 0.3) is 10.0 Å². The van der Waals surface area contributed by atoms with E-state index in [2.05, 4.69) is 4.72 Å². The summed E-state index contributed by atoms with van der Waals surface area (Å²) in [6.07, 6.45) is 1.78. The Morgan fingerprint density at radius 2 is 1.93 bits per heavy atom. The SMILES string of the molecule is COc1ccc(S(=O)(=O)Nc2ccc3c(c2)N(C(=O)C(C)C)CCC3)cc1C. The number of fused-ring (bicyclic) bond motifs is 1. The highest BCUT2D eigenvalue weighted by Crippen LogP contribution is 2.32. The van der Waals surface area contributed by atoms with Crippen molar-refractivity contribution in [3.63, 3.8) is 0 Å². The van der Waals surface area contributed by atoms with E-state index in [1.165, 1.54) is 6.07 Å². The molecule has 28 heavy (non-hydrogen) atoms. The molecule has 0 saturated heterocycles. The van der Waals surface area contributed by atoms with Crippen LogP contribution in [0.4, 0.5) is 11.4 Å². The molecular formula is C21H26N2O4S. The number of nitrogens with one attached hydrogen (secondary N) is 1. The van der Waals surface area contributed by atoms with Gasteiger partial charge in [0.15, 0.2) is 0 Å². The average Bonchev–Trinajstić information content (AvgIpc) is 2.66. The highest BCUT2D eigenvalue weighted by Gasteiger charge is 2.25. The number of sulfonamides is 1. The van der Waals surface area contributed by atoms with Crippen molar-refractivity contribution in [2.24, 2.45) is 5.92 Å². The highest BCUT2D eigenvalue weighted by atomic mass is 32.2. The Balaban J connectivity index is 1.92. The number of carbonyl (C=O) groups excluding carboxylic acids is 1. The molecule has 0 atom stereocenters. The minimum Gasteiger partial charge on any atom is -0.496 e. The topological polar surface area (TPSA) is 75.7 Å². The molecule has 0 aromatic heterocycles. The molecule has 2 aromatic carbocycles. The number of aryl methyl sites for hydroxylation is 2. The van der Waals surface area contributed by atoms with Crippen LogP contribution in [-0.4, -0.2) is 28.0 Å². The van der Waals surface area contributed by atoms with E-state index in [4.69, 9.17) is 4.74 Å². The van der Waals surface area contributed by atoms with Crippen LogP contribution in [0.2, 0.25) is 0 Å². The Labute approximate surface area is 166 Å². The van der Waals surface area contributed by atoms with E-state index in [0.29, 0.717) is 18.0 Å². The predicted octanol–water partition coefficient (Wildman–Crippen LogP) is 3.74. The van der Waals surface area contributed by atoms with Crippen LogP contribution in [0.1, 0.15) is 31.4 Å². The molecule has 6 nitrogen and oxygen atoms in total. The number of methoxy groups -OCH3 is 1. The number of hydrogen-bond acceptors (Lipinski definition) is 4. The summed E-state index contributed by atoms with van der Waals surface area (Å²) < 4.78 is 33.5. The third kappa shape index (κ3) is 3.99. The number of ether oxygens (including phenoxy) is 1. The van der Waals surface area contributed by atoms with E-state index < -0.39 is 10.0 Å². The molecule has 1 N–H and O–H groups in total. The van der Waals surface area contributed by atoms with Gasteiger partial charge < -0.3 is 9.64 Å². The van der Waals surface area contributed by atoms with Gasteiger partial charge in [0.05, 0.1) is 17.7 Å². The highest BCUT2D eigenvalue weighted by molar-refractivity contribution is 7.92. The van der Waals surface area contributed by atoms with Gasteiger partial charge in [0, 0.05) is 18.2 Å². The lowest BCUT2D eigenvalue weighted by atomic mass is 9.99. The van der Waals surface area contributed by atoms with Crippen molar-refractivity contribution < 1.29 is 17.9 Å². The summed E-state index contributed by atoms with van der Waals surface area (Å²) in [5.74, 6) is 0.566. The summed E-state index contributed by atoms with van der Waals surface area (Å²) >= 11 is 0. The fraction of sp³-hybridized carbons (Fsp3) is 0.381. The fourth-order valence-corrected chi connectivity index (χ4v) is 4.55. The lowest BCUT2D eigenvalue weighted by Gasteiger charge is -2.31. The first kappa shape index (κ1) is 20.2. The van der Waals surface area contributed by atoms with Crippen molar-refractivity contribution in [1.82, 2.24) is 0 Å². The quantitative estimate of drug-likeness (QED) is 0.827. The van der Waals surface area contributed by atoms with Crippen LogP contribution in [-0.2, 0) is 21.2 Å². The molecule has 2 aromatic rings. The van der Waals surface area contributed by atoms with Crippen LogP contribution in [0.15, 0.2) is 41.3 Å². The number of nitrogens with zero attached hydrogens (tertiary/aromatic N) is 1. The molecule has 1 aliphatic heterocycles. The van der Waals surface area contributed by atoms with E-state index in [1.54, 1.807) is 43.2 Å².